The second kappa shape index (κ2) is 18.7. The predicted molar refractivity (Wildman–Crippen MR) is 114 cm³/mol. The van der Waals surface area contributed by atoms with Gasteiger partial charge in [0, 0.05) is 6.42 Å². The zero-order valence-electron chi connectivity index (χ0n) is 18.1. The molecule has 0 saturated carbocycles. The van der Waals surface area contributed by atoms with Crippen LogP contribution in [0.4, 0.5) is 0 Å². The Kier molecular flexibility index (Phi) is 19.5. The zero-order valence-corrected chi connectivity index (χ0v) is 19.7. The highest BCUT2D eigenvalue weighted by atomic mass is 32.3. The number of hydrogen-bond donors (Lipinski definition) is 5. The fourth-order valence-corrected chi connectivity index (χ4v) is 3.66. The molecule has 0 heterocycles. The number of hydrogen-bond acceptors (Lipinski definition) is 8. The topological polar surface area (TPSA) is 196 Å². The molecule has 2 atom stereocenters. The lowest BCUT2D eigenvalue weighted by molar-refractivity contribution is -0.137. The molecule has 188 valence electrons. The number of aliphatic hydroxyl groups excluding tert-OH is 2. The minimum absolute atomic E-state index is 0.250. The maximum atomic E-state index is 10.4. The van der Waals surface area contributed by atoms with Crippen LogP contribution in [0.25, 0.3) is 0 Å². The molecule has 0 aromatic rings. The van der Waals surface area contributed by atoms with E-state index in [1.807, 2.05) is 0 Å². The molecule has 13 heteroatoms. The van der Waals surface area contributed by atoms with Gasteiger partial charge in [-0.05, 0) is 19.3 Å². The van der Waals surface area contributed by atoms with Gasteiger partial charge in [-0.1, -0.05) is 71.1 Å². The third-order valence-corrected chi connectivity index (χ3v) is 5.74. The first-order valence-electron chi connectivity index (χ1n) is 10.5. The first-order valence-corrected chi connectivity index (χ1v) is 13.3. The summed E-state index contributed by atoms with van der Waals surface area (Å²) >= 11 is 0. The molecule has 0 aliphatic carbocycles. The lowest BCUT2D eigenvalue weighted by Crippen LogP contribution is -2.25. The largest absolute Gasteiger partial charge is 0.481 e. The number of carboxylic acids is 1. The van der Waals surface area contributed by atoms with Gasteiger partial charge < -0.3 is 15.3 Å². The summed E-state index contributed by atoms with van der Waals surface area (Å²) in [6.45, 7) is 2.20. The molecule has 0 amide bonds. The van der Waals surface area contributed by atoms with Crippen LogP contribution in [-0.4, -0.2) is 59.4 Å². The Bertz CT molecular complexity index is 617. The van der Waals surface area contributed by atoms with E-state index in [9.17, 15) is 31.8 Å². The molecule has 2 unspecified atom stereocenters. The highest BCUT2D eigenvalue weighted by Gasteiger charge is 2.16. The summed E-state index contributed by atoms with van der Waals surface area (Å²) in [5, 5.41) is 28.3. The average molecular weight is 495 g/mol. The van der Waals surface area contributed by atoms with Gasteiger partial charge in [-0.3, -0.25) is 13.9 Å². The number of carbonyl (C=O) groups is 1. The minimum Gasteiger partial charge on any atom is -0.481 e. The molecule has 0 aliphatic rings. The van der Waals surface area contributed by atoms with Crippen molar-refractivity contribution in [1.29, 1.82) is 0 Å². The zero-order chi connectivity index (χ0) is 24.3. The number of rotatable bonds is 18. The molecule has 0 aromatic carbocycles. The van der Waals surface area contributed by atoms with E-state index in [2.05, 4.69) is 10.6 Å². The van der Waals surface area contributed by atoms with E-state index in [0.717, 1.165) is 44.9 Å². The van der Waals surface area contributed by atoms with Crippen LogP contribution >= 0.6 is 0 Å². The Balaban J connectivity index is 0. The Morgan fingerprint density at radius 2 is 1.06 bits per heavy atom. The Morgan fingerprint density at radius 3 is 1.39 bits per heavy atom. The van der Waals surface area contributed by atoms with E-state index in [1.165, 1.54) is 25.7 Å². The Morgan fingerprint density at radius 1 is 0.710 bits per heavy atom. The molecule has 0 saturated heterocycles. The smallest absolute Gasteiger partial charge is 0.413 e. The maximum Gasteiger partial charge on any atom is 0.413 e. The van der Waals surface area contributed by atoms with E-state index in [0.29, 0.717) is 12.8 Å². The van der Waals surface area contributed by atoms with Crippen molar-refractivity contribution in [3.63, 3.8) is 0 Å². The molecule has 0 aliphatic heterocycles. The van der Waals surface area contributed by atoms with Crippen molar-refractivity contribution >= 4 is 26.8 Å². The molecule has 11 nitrogen and oxygen atoms in total. The van der Waals surface area contributed by atoms with Crippen molar-refractivity contribution in [2.45, 2.75) is 109 Å². The first-order chi connectivity index (χ1) is 14.3. The molecular weight excluding hydrogens is 456 g/mol. The van der Waals surface area contributed by atoms with Gasteiger partial charge in [0.15, 0.2) is 0 Å². The lowest BCUT2D eigenvalue weighted by atomic mass is 9.99. The van der Waals surface area contributed by atoms with Gasteiger partial charge in [0.05, 0.1) is 12.2 Å². The normalized spacial score (nSPS) is 13.8. The molecule has 31 heavy (non-hydrogen) atoms. The van der Waals surface area contributed by atoms with Gasteiger partial charge in [-0.15, -0.1) is 3.63 Å². The van der Waals surface area contributed by atoms with Crippen molar-refractivity contribution < 1.29 is 49.7 Å². The van der Waals surface area contributed by atoms with Gasteiger partial charge in [0.2, 0.25) is 0 Å². The fourth-order valence-electron chi connectivity index (χ4n) is 2.79. The maximum absolute atomic E-state index is 10.4. The summed E-state index contributed by atoms with van der Waals surface area (Å²) in [6.07, 6.45) is 12.2. The van der Waals surface area contributed by atoms with Crippen LogP contribution in [0.15, 0.2) is 0 Å². The van der Waals surface area contributed by atoms with Crippen LogP contribution < -0.4 is 0 Å². The minimum atomic E-state index is -5.12. The van der Waals surface area contributed by atoms with Crippen LogP contribution in [-0.2, 0) is 29.2 Å². The standard InChI is InChI=1S/C18H36O4.H2O7S2/c1-2-3-4-5-7-10-13-16(19)17(20)14-11-8-6-9-12-15-18(21)22;1-8(2,3)7-9(4,5)6/h16-17,19-20H,2-15H2,1H3,(H,21,22);(H,1,2,3)(H,4,5,6). The van der Waals surface area contributed by atoms with Crippen LogP contribution in [0.3, 0.4) is 0 Å². The van der Waals surface area contributed by atoms with Crippen LogP contribution in [0, 0.1) is 0 Å². The van der Waals surface area contributed by atoms with Crippen molar-refractivity contribution in [1.82, 2.24) is 0 Å². The molecule has 0 aromatic heterocycles. The third kappa shape index (κ3) is 29.2. The van der Waals surface area contributed by atoms with Crippen molar-refractivity contribution in [3.05, 3.63) is 0 Å². The lowest BCUT2D eigenvalue weighted by Gasteiger charge is -2.17. The van der Waals surface area contributed by atoms with E-state index in [-0.39, 0.29) is 6.42 Å². The van der Waals surface area contributed by atoms with Crippen molar-refractivity contribution in [2.24, 2.45) is 0 Å². The van der Waals surface area contributed by atoms with E-state index < -0.39 is 39.0 Å². The van der Waals surface area contributed by atoms with Gasteiger partial charge in [0.25, 0.3) is 0 Å². The number of aliphatic carboxylic acids is 1. The number of carboxylic acid groups (broad SMARTS) is 1. The molecule has 0 bridgehead atoms. The Labute approximate surface area is 185 Å². The molecule has 5 N–H and O–H groups in total. The molecule has 0 fully saturated rings. The summed E-state index contributed by atoms with van der Waals surface area (Å²) in [5.74, 6) is -0.728. The summed E-state index contributed by atoms with van der Waals surface area (Å²) in [7, 11) is -10.2. The first kappa shape index (κ1) is 32.4. The predicted octanol–water partition coefficient (Wildman–Crippen LogP) is 2.88. The number of unbranched alkanes of at least 4 members (excludes halogenated alkanes) is 9. The quantitative estimate of drug-likeness (QED) is 0.139. The van der Waals surface area contributed by atoms with Crippen LogP contribution in [0.1, 0.15) is 96.8 Å². The third-order valence-electron chi connectivity index (χ3n) is 4.36. The molecule has 0 spiro atoms. The van der Waals surface area contributed by atoms with Gasteiger partial charge in [-0.25, -0.2) is 0 Å². The Hall–Kier alpha value is -0.830. The summed E-state index contributed by atoms with van der Waals surface area (Å²) in [6, 6.07) is 0. The molecule has 0 radical (unpaired) electrons. The van der Waals surface area contributed by atoms with E-state index in [4.69, 9.17) is 14.2 Å². The van der Waals surface area contributed by atoms with Gasteiger partial charge in [-0.2, -0.15) is 16.8 Å². The van der Waals surface area contributed by atoms with Gasteiger partial charge in [0.1, 0.15) is 0 Å². The highest BCUT2D eigenvalue weighted by Crippen LogP contribution is 2.15. The van der Waals surface area contributed by atoms with Crippen molar-refractivity contribution in [3.8, 4) is 0 Å². The van der Waals surface area contributed by atoms with Gasteiger partial charge >= 0.3 is 26.8 Å². The molecule has 0 rings (SSSR count). The molecular formula is C18H38O11S2. The van der Waals surface area contributed by atoms with E-state index in [1.54, 1.807) is 0 Å². The average Bonchev–Trinajstić information content (AvgIpc) is 2.60. The summed E-state index contributed by atoms with van der Waals surface area (Å²) < 4.78 is 55.6. The van der Waals surface area contributed by atoms with E-state index >= 15 is 0 Å². The van der Waals surface area contributed by atoms with Crippen LogP contribution in [0.5, 0.6) is 0 Å². The summed E-state index contributed by atoms with van der Waals surface area (Å²) in [4.78, 5) is 10.4. The highest BCUT2D eigenvalue weighted by molar-refractivity contribution is 7.94. The van der Waals surface area contributed by atoms with Crippen LogP contribution in [0.2, 0.25) is 0 Å². The summed E-state index contributed by atoms with van der Waals surface area (Å²) in [5.41, 5.74) is 0. The second-order valence-electron chi connectivity index (χ2n) is 7.31. The SMILES string of the molecule is CCCCCCCCC(O)C(O)CCCCCCCC(=O)O.O=S(=O)(O)OS(=O)(=O)O. The van der Waals surface area contributed by atoms with Crippen molar-refractivity contribution in [2.75, 3.05) is 0 Å². The monoisotopic (exact) mass is 494 g/mol. The number of aliphatic hydroxyl groups is 2. The second-order valence-corrected chi connectivity index (χ2v) is 9.57. The fraction of sp³-hybridized carbons (Fsp3) is 0.944.